The van der Waals surface area contributed by atoms with Crippen molar-refractivity contribution in [2.45, 2.75) is 19.4 Å². The van der Waals surface area contributed by atoms with Crippen molar-refractivity contribution in [3.05, 3.63) is 41.5 Å². The van der Waals surface area contributed by atoms with Crippen molar-refractivity contribution >= 4 is 5.91 Å². The maximum atomic E-state index is 12.5. The average Bonchev–Trinajstić information content (AvgIpc) is 3.24. The van der Waals surface area contributed by atoms with Gasteiger partial charge in [-0.3, -0.25) is 4.79 Å². The summed E-state index contributed by atoms with van der Waals surface area (Å²) < 4.78 is 10.5. The number of para-hydroxylation sites is 1. The molecule has 23 heavy (non-hydrogen) atoms. The number of carbonyl (C=O) groups is 1. The van der Waals surface area contributed by atoms with E-state index in [-0.39, 0.29) is 11.8 Å². The summed E-state index contributed by atoms with van der Waals surface area (Å²) in [7, 11) is 1.60. The summed E-state index contributed by atoms with van der Waals surface area (Å²) in [6, 6.07) is 7.00. The van der Waals surface area contributed by atoms with E-state index in [0.29, 0.717) is 24.0 Å². The van der Waals surface area contributed by atoms with Gasteiger partial charge in [-0.05, 0) is 19.0 Å². The fourth-order valence-electron chi connectivity index (χ4n) is 2.76. The quantitative estimate of drug-likeness (QED) is 0.861. The van der Waals surface area contributed by atoms with Gasteiger partial charge in [0.1, 0.15) is 11.8 Å². The molecule has 1 aliphatic rings. The highest BCUT2D eigenvalue weighted by molar-refractivity contribution is 5.80. The first kappa shape index (κ1) is 15.5. The molecule has 1 saturated heterocycles. The zero-order chi connectivity index (χ0) is 16.2. The molecule has 1 aliphatic heterocycles. The minimum absolute atomic E-state index is 0.0200. The molecule has 2 atom stereocenters. The highest BCUT2D eigenvalue weighted by Crippen LogP contribution is 2.29. The standard InChI is InChI=1S/C16H20N4O3/c1-10-18-15(20-23-10)14(12-5-3-4-6-13(12)22-2)19-16(21)11-7-8-17-9-11/h3-6,11,14,17H,7-9H2,1-2H3,(H,19,21)/t11-,14+/m0/s1. The van der Waals surface area contributed by atoms with Crippen LogP contribution in [0.15, 0.2) is 28.8 Å². The van der Waals surface area contributed by atoms with E-state index in [9.17, 15) is 4.79 Å². The smallest absolute Gasteiger partial charge is 0.225 e. The SMILES string of the molecule is COc1ccccc1[C@@H](NC(=O)[C@H]1CCNC1)c1noc(C)n1. The summed E-state index contributed by atoms with van der Waals surface area (Å²) in [5.41, 5.74) is 0.801. The second kappa shape index (κ2) is 6.78. The largest absolute Gasteiger partial charge is 0.496 e. The van der Waals surface area contributed by atoms with Crippen LogP contribution < -0.4 is 15.4 Å². The Kier molecular flexibility index (Phi) is 4.57. The molecule has 3 rings (SSSR count). The van der Waals surface area contributed by atoms with Crippen LogP contribution in [0.3, 0.4) is 0 Å². The normalized spacial score (nSPS) is 18.6. The lowest BCUT2D eigenvalue weighted by molar-refractivity contribution is -0.125. The number of methoxy groups -OCH3 is 1. The summed E-state index contributed by atoms with van der Waals surface area (Å²) in [6.07, 6.45) is 0.829. The Morgan fingerprint density at radius 1 is 1.48 bits per heavy atom. The lowest BCUT2D eigenvalue weighted by Gasteiger charge is -2.20. The number of carbonyl (C=O) groups excluding carboxylic acids is 1. The monoisotopic (exact) mass is 316 g/mol. The van der Waals surface area contributed by atoms with Gasteiger partial charge in [-0.1, -0.05) is 23.4 Å². The summed E-state index contributed by atoms with van der Waals surface area (Å²) in [4.78, 5) is 16.8. The Labute approximate surface area is 134 Å². The fourth-order valence-corrected chi connectivity index (χ4v) is 2.76. The van der Waals surface area contributed by atoms with Gasteiger partial charge in [0, 0.05) is 19.0 Å². The minimum atomic E-state index is -0.503. The molecule has 1 fully saturated rings. The lowest BCUT2D eigenvalue weighted by atomic mass is 10.0. The third-order valence-corrected chi connectivity index (χ3v) is 3.97. The summed E-state index contributed by atoms with van der Waals surface area (Å²) in [5, 5.41) is 10.2. The van der Waals surface area contributed by atoms with Crippen LogP contribution in [-0.4, -0.2) is 36.2 Å². The number of hydrogen-bond donors (Lipinski definition) is 2. The minimum Gasteiger partial charge on any atom is -0.496 e. The van der Waals surface area contributed by atoms with Gasteiger partial charge in [0.2, 0.25) is 11.8 Å². The van der Waals surface area contributed by atoms with Gasteiger partial charge in [-0.15, -0.1) is 0 Å². The van der Waals surface area contributed by atoms with E-state index in [0.717, 1.165) is 18.5 Å². The summed E-state index contributed by atoms with van der Waals surface area (Å²) >= 11 is 0. The van der Waals surface area contributed by atoms with Crippen molar-refractivity contribution in [3.8, 4) is 5.75 Å². The van der Waals surface area contributed by atoms with Crippen LogP contribution in [0.5, 0.6) is 5.75 Å². The Hall–Kier alpha value is -2.41. The molecule has 1 aromatic heterocycles. The molecule has 1 amide bonds. The zero-order valence-electron chi connectivity index (χ0n) is 13.2. The average molecular weight is 316 g/mol. The first-order valence-corrected chi connectivity index (χ1v) is 7.63. The molecule has 2 aromatic rings. The van der Waals surface area contributed by atoms with Crippen LogP contribution in [0.4, 0.5) is 0 Å². The predicted octanol–water partition coefficient (Wildman–Crippen LogP) is 1.20. The third-order valence-electron chi connectivity index (χ3n) is 3.97. The molecule has 122 valence electrons. The third kappa shape index (κ3) is 3.34. The van der Waals surface area contributed by atoms with Gasteiger partial charge in [-0.2, -0.15) is 4.98 Å². The number of amides is 1. The zero-order valence-corrected chi connectivity index (χ0v) is 13.2. The van der Waals surface area contributed by atoms with Gasteiger partial charge in [0.15, 0.2) is 5.82 Å². The molecular formula is C16H20N4O3. The van der Waals surface area contributed by atoms with Crippen molar-refractivity contribution in [1.29, 1.82) is 0 Å². The first-order valence-electron chi connectivity index (χ1n) is 7.63. The van der Waals surface area contributed by atoms with E-state index >= 15 is 0 Å². The number of aromatic nitrogens is 2. The Morgan fingerprint density at radius 2 is 2.30 bits per heavy atom. The number of ether oxygens (including phenoxy) is 1. The van der Waals surface area contributed by atoms with Gasteiger partial charge in [-0.25, -0.2) is 0 Å². The van der Waals surface area contributed by atoms with Crippen LogP contribution in [0, 0.1) is 12.8 Å². The number of aryl methyl sites for hydroxylation is 1. The van der Waals surface area contributed by atoms with E-state index in [2.05, 4.69) is 20.8 Å². The fraction of sp³-hybridized carbons (Fsp3) is 0.438. The van der Waals surface area contributed by atoms with E-state index in [1.54, 1.807) is 14.0 Å². The van der Waals surface area contributed by atoms with Crippen molar-refractivity contribution < 1.29 is 14.1 Å². The lowest BCUT2D eigenvalue weighted by Crippen LogP contribution is -2.36. The van der Waals surface area contributed by atoms with E-state index < -0.39 is 6.04 Å². The van der Waals surface area contributed by atoms with Crippen LogP contribution in [0.2, 0.25) is 0 Å². The van der Waals surface area contributed by atoms with Crippen molar-refractivity contribution in [2.24, 2.45) is 5.92 Å². The van der Waals surface area contributed by atoms with Crippen LogP contribution in [-0.2, 0) is 4.79 Å². The molecule has 0 radical (unpaired) electrons. The van der Waals surface area contributed by atoms with Gasteiger partial charge < -0.3 is 19.9 Å². The van der Waals surface area contributed by atoms with Crippen molar-refractivity contribution in [3.63, 3.8) is 0 Å². The molecule has 2 heterocycles. The van der Waals surface area contributed by atoms with Crippen molar-refractivity contribution in [1.82, 2.24) is 20.8 Å². The molecule has 7 heteroatoms. The van der Waals surface area contributed by atoms with E-state index in [4.69, 9.17) is 9.26 Å². The van der Waals surface area contributed by atoms with Gasteiger partial charge in [0.25, 0.3) is 0 Å². The first-order chi connectivity index (χ1) is 11.2. The molecule has 0 bridgehead atoms. The molecule has 1 aromatic carbocycles. The molecular weight excluding hydrogens is 296 g/mol. The van der Waals surface area contributed by atoms with Crippen molar-refractivity contribution in [2.75, 3.05) is 20.2 Å². The number of nitrogens with zero attached hydrogens (tertiary/aromatic N) is 2. The molecule has 0 spiro atoms. The second-order valence-electron chi connectivity index (χ2n) is 5.54. The molecule has 0 aliphatic carbocycles. The van der Waals surface area contributed by atoms with Gasteiger partial charge in [0.05, 0.1) is 13.0 Å². The predicted molar refractivity (Wildman–Crippen MR) is 83.0 cm³/mol. The van der Waals surface area contributed by atoms with E-state index in [1.165, 1.54) is 0 Å². The molecule has 0 unspecified atom stereocenters. The van der Waals surface area contributed by atoms with E-state index in [1.807, 2.05) is 24.3 Å². The second-order valence-corrected chi connectivity index (χ2v) is 5.54. The number of hydrogen-bond acceptors (Lipinski definition) is 6. The highest BCUT2D eigenvalue weighted by atomic mass is 16.5. The maximum Gasteiger partial charge on any atom is 0.225 e. The van der Waals surface area contributed by atoms with Crippen LogP contribution in [0.25, 0.3) is 0 Å². The summed E-state index contributed by atoms with van der Waals surface area (Å²) in [6.45, 7) is 3.27. The number of benzene rings is 1. The Morgan fingerprint density at radius 3 is 2.96 bits per heavy atom. The number of nitrogens with one attached hydrogen (secondary N) is 2. The molecule has 7 nitrogen and oxygen atoms in total. The highest BCUT2D eigenvalue weighted by Gasteiger charge is 2.29. The summed E-state index contributed by atoms with van der Waals surface area (Å²) in [5.74, 6) is 1.49. The molecule has 0 saturated carbocycles. The molecule has 2 N–H and O–H groups in total. The van der Waals surface area contributed by atoms with Crippen LogP contribution in [0.1, 0.15) is 29.7 Å². The van der Waals surface area contributed by atoms with Crippen LogP contribution >= 0.6 is 0 Å². The van der Waals surface area contributed by atoms with Gasteiger partial charge >= 0.3 is 0 Å². The topological polar surface area (TPSA) is 89.3 Å². The Bertz CT molecular complexity index is 679. The number of rotatable bonds is 5. The Balaban J connectivity index is 1.92. The maximum absolute atomic E-state index is 12.5.